The molecule has 6 aromatic rings. The number of aromatic hydroxyl groups is 4. The van der Waals surface area contributed by atoms with Crippen molar-refractivity contribution >= 4 is 240 Å². The number of azo groups is 4. The van der Waals surface area contributed by atoms with Crippen molar-refractivity contribution in [3.05, 3.63) is 120 Å². The van der Waals surface area contributed by atoms with E-state index >= 15 is 0 Å². The molecule has 0 unspecified atom stereocenters. The Morgan fingerprint density at radius 1 is 0.370 bits per heavy atom. The van der Waals surface area contributed by atoms with Gasteiger partial charge in [-0.05, 0) is 78.2 Å². The van der Waals surface area contributed by atoms with Crippen molar-refractivity contribution in [3.8, 4) is 23.0 Å². The maximum Gasteiger partial charge on any atom is 0.337 e. The molecule has 6 rings (SSSR count). The zero-order valence-corrected chi connectivity index (χ0v) is 51.7. The summed E-state index contributed by atoms with van der Waals surface area (Å²) in [5, 5.41) is 81.7. The van der Waals surface area contributed by atoms with Gasteiger partial charge < -0.3 is 25.5 Å². The minimum atomic E-state index is -5.11. The number of aromatic carboxylic acids is 1. The fraction of sp³-hybridized carbons (Fsp3) is 0.0263. The van der Waals surface area contributed by atoms with Crippen molar-refractivity contribution < 1.29 is 82.2 Å². The van der Waals surface area contributed by atoms with E-state index in [-0.39, 0.29) is 188 Å². The van der Waals surface area contributed by atoms with Gasteiger partial charge in [0.25, 0.3) is 40.5 Å². The van der Waals surface area contributed by atoms with Gasteiger partial charge in [-0.15, -0.1) is 35.8 Å². The number of phenolic OH excluding ortho intramolecular Hbond substituents is 4. The van der Waals surface area contributed by atoms with Crippen LogP contribution in [0.2, 0.25) is 0 Å². The Kier molecular flexibility index (Phi) is 26.0. The predicted octanol–water partition coefficient (Wildman–Crippen LogP) is 6.54. The third-order valence-electron chi connectivity index (χ3n) is 8.86. The van der Waals surface area contributed by atoms with Crippen molar-refractivity contribution in [2.75, 3.05) is 0 Å². The van der Waals surface area contributed by atoms with Crippen LogP contribution in [0.25, 0.3) is 0 Å². The van der Waals surface area contributed by atoms with Gasteiger partial charge >= 0.3 is 5.97 Å². The number of nitrogens with zero attached hydrogens (tertiary/aromatic N) is 8. The SMILES string of the molecule is O=C(O)c1cc(Cc2ccc(N=Nc3cc(N=Nc4ccc(S(=O)(=O)O)cc4S(=O)(=O)O)c(O)cc3O)cc2)ccc1N=Nc1cc(N=Nc2ccc(S(=O)(=O)O)cc2S(=O)(=O)O)c(O)cc1O.[Na].[Na].[Na].[Na].[Na]. The maximum atomic E-state index is 12.2. The molecule has 5 radical (unpaired) electrons. The maximum absolute atomic E-state index is 12.2. The van der Waals surface area contributed by atoms with Crippen LogP contribution in [-0.2, 0) is 46.9 Å². The molecule has 0 spiro atoms. The minimum absolute atomic E-state index is 0. The molecule has 0 saturated carbocycles. The summed E-state index contributed by atoms with van der Waals surface area (Å²) < 4.78 is 131. The van der Waals surface area contributed by atoms with Crippen LogP contribution in [0, 0.1) is 0 Å². The first kappa shape index (κ1) is 68.0. The zero-order chi connectivity index (χ0) is 49.9. The van der Waals surface area contributed by atoms with Crippen LogP contribution in [0.3, 0.4) is 0 Å². The zero-order valence-electron chi connectivity index (χ0n) is 38.4. The van der Waals surface area contributed by atoms with Gasteiger partial charge in [-0.3, -0.25) is 18.2 Å². The van der Waals surface area contributed by atoms with Gasteiger partial charge in [-0.25, -0.2) is 4.79 Å². The van der Waals surface area contributed by atoms with Crippen molar-refractivity contribution in [1.82, 2.24) is 0 Å². The molecule has 0 aromatic heterocycles. The summed E-state index contributed by atoms with van der Waals surface area (Å²) in [7, 11) is -20.0. The van der Waals surface area contributed by atoms with Gasteiger partial charge in [0.05, 0.1) is 21.0 Å². The third-order valence-corrected chi connectivity index (χ3v) is 12.3. The molecule has 73 heavy (non-hydrogen) atoms. The molecule has 9 N–H and O–H groups in total. The monoisotopic (exact) mass is 1130 g/mol. The number of carbonyl (C=O) groups is 1. The first-order valence-corrected chi connectivity index (χ1v) is 23.9. The number of phenols is 4. The molecule has 0 saturated heterocycles. The molecule has 6 aromatic carbocycles. The number of benzene rings is 6. The van der Waals surface area contributed by atoms with E-state index in [4.69, 9.17) is 0 Å². The van der Waals surface area contributed by atoms with Gasteiger partial charge in [0, 0.05) is 172 Å². The van der Waals surface area contributed by atoms with Crippen molar-refractivity contribution in [3.63, 3.8) is 0 Å². The second-order valence-electron chi connectivity index (χ2n) is 13.6. The number of rotatable bonds is 15. The Bertz CT molecular complexity index is 3650. The van der Waals surface area contributed by atoms with Crippen LogP contribution in [0.15, 0.2) is 164 Å². The number of hydrogen-bond acceptors (Lipinski definition) is 21. The number of carboxylic acid groups (broad SMARTS) is 1. The Hall–Kier alpha value is -2.97. The molecule has 0 heterocycles. The first-order chi connectivity index (χ1) is 31.7. The molecule has 357 valence electrons. The molecule has 0 atom stereocenters. The Morgan fingerprint density at radius 2 is 0.699 bits per heavy atom. The summed E-state index contributed by atoms with van der Waals surface area (Å²) in [6, 6.07) is 18.0. The van der Waals surface area contributed by atoms with Crippen LogP contribution in [-0.4, -0.2) is 231 Å². The van der Waals surface area contributed by atoms with E-state index in [1.807, 2.05) is 0 Å². The standard InChI is InChI=1S/C38H28N8O18S4.5Na/c47-32-17-34(49)30(45-41-26-9-6-22(65(53,54)55)13-36(26)67(59,60)61)15-28(32)43-39-21-4-1-19(2-5-21)11-20-3-8-25(24(12-20)38(51)52)40-44-29-16-31(35(50)18-33(29)48)46-42-27-10-7-23(66(56,57)58)14-37(27)68(62,63)64;;;;;/h1-10,12-18,47-50H,11H2,(H,51,52)(H,53,54,55)(H,56,57,58)(H,59,60,61)(H,62,63,64);;;;;. The summed E-state index contributed by atoms with van der Waals surface area (Å²) in [4.78, 5) is 8.39. The fourth-order valence-electron chi connectivity index (χ4n) is 5.62. The minimum Gasteiger partial charge on any atom is -0.505 e. The summed E-state index contributed by atoms with van der Waals surface area (Å²) in [6.45, 7) is 0. The van der Waals surface area contributed by atoms with E-state index < -0.39 is 106 Å². The first-order valence-electron chi connectivity index (χ1n) is 18.1. The van der Waals surface area contributed by atoms with E-state index in [1.54, 1.807) is 12.1 Å². The van der Waals surface area contributed by atoms with E-state index in [2.05, 4.69) is 40.9 Å². The van der Waals surface area contributed by atoms with Gasteiger partial charge in [0.15, 0.2) is 0 Å². The fourth-order valence-corrected chi connectivity index (χ4v) is 8.08. The molecule has 0 fully saturated rings. The second kappa shape index (κ2) is 27.9. The van der Waals surface area contributed by atoms with Gasteiger partial charge in [0.2, 0.25) is 0 Å². The smallest absolute Gasteiger partial charge is 0.337 e. The van der Waals surface area contributed by atoms with E-state index in [0.717, 1.165) is 48.5 Å². The van der Waals surface area contributed by atoms with E-state index in [0.29, 0.717) is 23.3 Å². The van der Waals surface area contributed by atoms with E-state index in [1.165, 1.54) is 30.3 Å². The van der Waals surface area contributed by atoms with Crippen molar-refractivity contribution in [1.29, 1.82) is 0 Å². The second-order valence-corrected chi connectivity index (χ2v) is 19.2. The molecule has 0 amide bonds. The van der Waals surface area contributed by atoms with Gasteiger partial charge in [-0.2, -0.15) is 38.8 Å². The Morgan fingerprint density at radius 3 is 1.05 bits per heavy atom. The van der Waals surface area contributed by atoms with Crippen LogP contribution in [0.5, 0.6) is 23.0 Å². The van der Waals surface area contributed by atoms with Crippen molar-refractivity contribution in [2.24, 2.45) is 40.9 Å². The third kappa shape index (κ3) is 18.3. The van der Waals surface area contributed by atoms with Gasteiger partial charge in [0.1, 0.15) is 72.6 Å². The predicted molar refractivity (Wildman–Crippen MR) is 260 cm³/mol. The summed E-state index contributed by atoms with van der Waals surface area (Å²) >= 11 is 0. The number of hydrogen-bond donors (Lipinski definition) is 9. The summed E-state index contributed by atoms with van der Waals surface area (Å²) in [6.07, 6.45) is 0.186. The molecule has 0 aliphatic rings. The molecule has 0 aliphatic heterocycles. The average Bonchev–Trinajstić information content (AvgIpc) is 3.24. The molecular weight excluding hydrogens is 1100 g/mol. The van der Waals surface area contributed by atoms with Crippen LogP contribution < -0.4 is 0 Å². The molecular formula is C38H28N8Na5O18S4. The molecule has 0 aliphatic carbocycles. The van der Waals surface area contributed by atoms with E-state index in [9.17, 15) is 82.2 Å². The Labute approximate surface area is 524 Å². The summed E-state index contributed by atoms with van der Waals surface area (Å²) in [5.74, 6) is -3.99. The Balaban J connectivity index is 0.00000533. The molecule has 0 bridgehead atoms. The van der Waals surface area contributed by atoms with Crippen LogP contribution >= 0.6 is 0 Å². The quantitative estimate of drug-likeness (QED) is 0.0299. The average molecular weight is 1130 g/mol. The normalized spacial score (nSPS) is 11.9. The molecule has 35 heteroatoms. The van der Waals surface area contributed by atoms with Crippen LogP contribution in [0.1, 0.15) is 21.5 Å². The summed E-state index contributed by atoms with van der Waals surface area (Å²) in [5.41, 5.74) is -1.73. The number of carboxylic acids is 1. The van der Waals surface area contributed by atoms with Crippen molar-refractivity contribution in [2.45, 2.75) is 26.0 Å². The topological polar surface area (TPSA) is 435 Å². The molecule has 26 nitrogen and oxygen atoms in total. The largest absolute Gasteiger partial charge is 0.505 e. The van der Waals surface area contributed by atoms with Crippen LogP contribution in [0.4, 0.5) is 45.5 Å². The van der Waals surface area contributed by atoms with Gasteiger partial charge in [-0.1, -0.05) is 18.2 Å².